The summed E-state index contributed by atoms with van der Waals surface area (Å²) in [7, 11) is 1.63. The molecule has 20 heavy (non-hydrogen) atoms. The maximum Gasteiger partial charge on any atom is 0.186 e. The molecule has 0 saturated carbocycles. The van der Waals surface area contributed by atoms with E-state index in [0.717, 1.165) is 21.1 Å². The van der Waals surface area contributed by atoms with Gasteiger partial charge in [0, 0.05) is 16.7 Å². The first-order chi connectivity index (χ1) is 9.20. The van der Waals surface area contributed by atoms with E-state index in [9.17, 15) is 4.55 Å². The highest BCUT2D eigenvalue weighted by atomic mass is 35.5. The lowest BCUT2D eigenvalue weighted by molar-refractivity contribution is 0.411. The van der Waals surface area contributed by atoms with Gasteiger partial charge in [-0.3, -0.25) is 0 Å². The van der Waals surface area contributed by atoms with Crippen LogP contribution in [-0.2, 0) is 16.6 Å². The Labute approximate surface area is 134 Å². The Morgan fingerprint density at radius 2 is 2.00 bits per heavy atom. The molecule has 0 aromatic heterocycles. The minimum Gasteiger partial charge on any atom is -0.611 e. The highest BCUT2D eigenvalue weighted by molar-refractivity contribution is 8.18. The molecule has 1 aromatic rings. The summed E-state index contributed by atoms with van der Waals surface area (Å²) in [6.07, 6.45) is 5.45. The lowest BCUT2D eigenvalue weighted by Gasteiger charge is -2.22. The lowest BCUT2D eigenvalue weighted by atomic mass is 9.86. The van der Waals surface area contributed by atoms with Crippen LogP contribution in [0.1, 0.15) is 31.9 Å². The minimum atomic E-state index is -1.02. The monoisotopic (exact) mass is 332 g/mol. The van der Waals surface area contributed by atoms with Crippen LogP contribution >= 0.6 is 23.4 Å². The molecule has 0 N–H and O–H groups in total. The number of ether oxygens (including phenoxy) is 1. The Balaban J connectivity index is 3.40. The van der Waals surface area contributed by atoms with Crippen molar-refractivity contribution in [2.45, 2.75) is 26.2 Å². The largest absolute Gasteiger partial charge is 0.611 e. The molecule has 0 bridgehead atoms. The van der Waals surface area contributed by atoms with Gasteiger partial charge in [0.05, 0.1) is 7.11 Å². The van der Waals surface area contributed by atoms with Gasteiger partial charge in [-0.05, 0) is 40.5 Å². The van der Waals surface area contributed by atoms with Crippen molar-refractivity contribution in [2.75, 3.05) is 19.6 Å². The zero-order valence-electron chi connectivity index (χ0n) is 12.7. The maximum absolute atomic E-state index is 11.6. The summed E-state index contributed by atoms with van der Waals surface area (Å²) < 4.78 is 17.9. The van der Waals surface area contributed by atoms with Crippen LogP contribution in [0, 0.1) is 0 Å². The molecule has 0 aliphatic heterocycles. The number of halogens is 1. The number of thioether (sulfide) groups is 1. The molecule has 0 fully saturated rings. The van der Waals surface area contributed by atoms with Gasteiger partial charge in [-0.1, -0.05) is 44.1 Å². The van der Waals surface area contributed by atoms with Crippen LogP contribution in [0.5, 0.6) is 5.75 Å². The summed E-state index contributed by atoms with van der Waals surface area (Å²) in [5.74, 6) is 0.747. The second-order valence-corrected chi connectivity index (χ2v) is 8.31. The molecule has 0 saturated heterocycles. The first-order valence-electron chi connectivity index (χ1n) is 6.17. The second kappa shape index (κ2) is 7.12. The third-order valence-electron chi connectivity index (χ3n) is 2.89. The predicted octanol–water partition coefficient (Wildman–Crippen LogP) is 4.69. The molecule has 0 heterocycles. The first kappa shape index (κ1) is 17.8. The van der Waals surface area contributed by atoms with Gasteiger partial charge in [-0.25, -0.2) is 0 Å². The fourth-order valence-corrected chi connectivity index (χ4v) is 3.75. The summed E-state index contributed by atoms with van der Waals surface area (Å²) in [6, 6.07) is 3.84. The van der Waals surface area contributed by atoms with Crippen LogP contribution in [0.2, 0.25) is 5.02 Å². The quantitative estimate of drug-likeness (QED) is 0.750. The third kappa shape index (κ3) is 4.35. The average molecular weight is 333 g/mol. The number of rotatable bonds is 4. The summed E-state index contributed by atoms with van der Waals surface area (Å²) in [5, 5.41) is 0.701. The molecule has 1 atom stereocenters. The molecule has 2 nitrogen and oxygen atoms in total. The van der Waals surface area contributed by atoms with E-state index in [1.165, 1.54) is 11.8 Å². The van der Waals surface area contributed by atoms with Crippen molar-refractivity contribution < 1.29 is 9.29 Å². The Morgan fingerprint density at radius 1 is 1.40 bits per heavy atom. The molecule has 5 heteroatoms. The topological polar surface area (TPSA) is 32.3 Å². The fraction of sp³-hybridized carbons (Fsp3) is 0.467. The maximum atomic E-state index is 11.6. The van der Waals surface area contributed by atoms with Crippen LogP contribution in [0.4, 0.5) is 0 Å². The molecule has 0 aliphatic rings. The first-order valence-corrected chi connectivity index (χ1v) is 9.34. The molecule has 1 aromatic carbocycles. The van der Waals surface area contributed by atoms with Crippen molar-refractivity contribution in [1.82, 2.24) is 0 Å². The zero-order chi connectivity index (χ0) is 15.5. The van der Waals surface area contributed by atoms with Crippen molar-refractivity contribution in [1.29, 1.82) is 0 Å². The summed E-state index contributed by atoms with van der Waals surface area (Å²) >= 11 is 6.83. The number of hydrogen-bond acceptors (Lipinski definition) is 3. The van der Waals surface area contributed by atoms with Crippen LogP contribution in [0.3, 0.4) is 0 Å². The van der Waals surface area contributed by atoms with Gasteiger partial charge >= 0.3 is 0 Å². The van der Waals surface area contributed by atoms with Gasteiger partial charge in [0.25, 0.3) is 0 Å². The Hall–Kier alpha value is -0.290. The number of hydrogen-bond donors (Lipinski definition) is 0. The van der Waals surface area contributed by atoms with Crippen LogP contribution in [0.25, 0.3) is 6.08 Å². The zero-order valence-corrected chi connectivity index (χ0v) is 15.1. The molecule has 0 amide bonds. The van der Waals surface area contributed by atoms with Crippen molar-refractivity contribution >= 4 is 40.6 Å². The van der Waals surface area contributed by atoms with Crippen molar-refractivity contribution in [2.24, 2.45) is 0 Å². The van der Waals surface area contributed by atoms with Crippen LogP contribution in [0.15, 0.2) is 16.4 Å². The van der Waals surface area contributed by atoms with Crippen LogP contribution in [-0.4, -0.2) is 24.2 Å². The average Bonchev–Trinajstić information content (AvgIpc) is 2.34. The van der Waals surface area contributed by atoms with Crippen LogP contribution < -0.4 is 4.74 Å². The van der Waals surface area contributed by atoms with Gasteiger partial charge in [-0.15, -0.1) is 0 Å². The number of benzene rings is 1. The molecular weight excluding hydrogens is 312 g/mol. The second-order valence-electron chi connectivity index (χ2n) is 5.45. The minimum absolute atomic E-state index is 0.0531. The van der Waals surface area contributed by atoms with Crippen molar-refractivity contribution in [3.05, 3.63) is 32.5 Å². The standard InChI is InChI=1S/C15H21ClO2S2/c1-15(2,3)11-9-13(18-4)10(7-12(11)16)8-14(19-5)20(6)17/h7-9H,1-6H3/b14-8+. The Morgan fingerprint density at radius 3 is 2.40 bits per heavy atom. The SMILES string of the molecule is COc1cc(C(C)(C)C)c(Cl)cc1/C=C(\SC)[S+](C)[O-]. The van der Waals surface area contributed by atoms with Gasteiger partial charge in [-0.2, -0.15) is 0 Å². The summed E-state index contributed by atoms with van der Waals surface area (Å²) in [4.78, 5) is 0. The van der Waals surface area contributed by atoms with Gasteiger partial charge in [0.2, 0.25) is 0 Å². The smallest absolute Gasteiger partial charge is 0.186 e. The molecule has 0 radical (unpaired) electrons. The predicted molar refractivity (Wildman–Crippen MR) is 92.3 cm³/mol. The van der Waals surface area contributed by atoms with E-state index in [4.69, 9.17) is 16.3 Å². The Bertz CT molecular complexity index is 505. The fourth-order valence-electron chi connectivity index (χ4n) is 1.82. The van der Waals surface area contributed by atoms with Gasteiger partial charge in [0.15, 0.2) is 4.24 Å². The van der Waals surface area contributed by atoms with Gasteiger partial charge < -0.3 is 9.29 Å². The molecule has 112 valence electrons. The Kier molecular flexibility index (Phi) is 6.32. The molecule has 1 unspecified atom stereocenters. The molecule has 0 aliphatic carbocycles. The van der Waals surface area contributed by atoms with E-state index in [2.05, 4.69) is 20.8 Å². The third-order valence-corrected chi connectivity index (χ3v) is 5.61. The summed E-state index contributed by atoms with van der Waals surface area (Å²) in [6.45, 7) is 6.33. The summed E-state index contributed by atoms with van der Waals surface area (Å²) in [5.41, 5.74) is 1.84. The number of methoxy groups -OCH3 is 1. The molecule has 1 rings (SSSR count). The van der Waals surface area contributed by atoms with Crippen molar-refractivity contribution in [3.63, 3.8) is 0 Å². The lowest BCUT2D eigenvalue weighted by Crippen LogP contribution is -2.12. The van der Waals surface area contributed by atoms with E-state index in [1.54, 1.807) is 13.4 Å². The molecule has 0 spiro atoms. The van der Waals surface area contributed by atoms with E-state index in [1.807, 2.05) is 24.5 Å². The highest BCUT2D eigenvalue weighted by Crippen LogP contribution is 2.36. The van der Waals surface area contributed by atoms with Gasteiger partial charge in [0.1, 0.15) is 12.0 Å². The van der Waals surface area contributed by atoms with E-state index in [-0.39, 0.29) is 5.41 Å². The highest BCUT2D eigenvalue weighted by Gasteiger charge is 2.20. The van der Waals surface area contributed by atoms with E-state index >= 15 is 0 Å². The van der Waals surface area contributed by atoms with Crippen molar-refractivity contribution in [3.8, 4) is 5.75 Å². The molecular formula is C15H21ClO2S2. The normalized spacial score (nSPS) is 14.3. The van der Waals surface area contributed by atoms with E-state index in [0.29, 0.717) is 5.02 Å². The van der Waals surface area contributed by atoms with E-state index < -0.39 is 11.2 Å².